The van der Waals surface area contributed by atoms with Crippen LogP contribution in [-0.2, 0) is 29.0 Å². The van der Waals surface area contributed by atoms with Crippen molar-refractivity contribution in [2.75, 3.05) is 6.54 Å². The fourth-order valence-electron chi connectivity index (χ4n) is 3.56. The van der Waals surface area contributed by atoms with Gasteiger partial charge in [-0.3, -0.25) is 9.59 Å². The number of nitrogens with one attached hydrogen (secondary N) is 1. The molecule has 0 fully saturated rings. The van der Waals surface area contributed by atoms with E-state index in [1.807, 2.05) is 30.3 Å². The molecular formula is C26H26F2N2O2. The monoisotopic (exact) mass is 436 g/mol. The Labute approximate surface area is 186 Å². The fraction of sp³-hybridized carbons (Fsp3) is 0.231. The maximum absolute atomic E-state index is 14.4. The summed E-state index contributed by atoms with van der Waals surface area (Å²) in [6, 6.07) is 20.6. The smallest absolute Gasteiger partial charge is 0.243 e. The van der Waals surface area contributed by atoms with Gasteiger partial charge in [-0.25, -0.2) is 8.78 Å². The molecule has 0 unspecified atom stereocenters. The molecule has 0 saturated heterocycles. The molecule has 0 saturated carbocycles. The molecule has 1 atom stereocenters. The molecule has 4 nitrogen and oxygen atoms in total. The fourth-order valence-corrected chi connectivity index (χ4v) is 3.56. The lowest BCUT2D eigenvalue weighted by molar-refractivity contribution is -0.140. The van der Waals surface area contributed by atoms with Crippen molar-refractivity contribution in [3.8, 4) is 0 Å². The summed E-state index contributed by atoms with van der Waals surface area (Å²) in [5.41, 5.74) is 1.38. The number of likely N-dealkylation sites (N-methyl/N-ethyl adjacent to an activating group) is 1. The van der Waals surface area contributed by atoms with E-state index in [-0.39, 0.29) is 36.4 Å². The van der Waals surface area contributed by atoms with Gasteiger partial charge in [-0.2, -0.15) is 0 Å². The summed E-state index contributed by atoms with van der Waals surface area (Å²) in [7, 11) is 0. The lowest BCUT2D eigenvalue weighted by atomic mass is 10.0. The van der Waals surface area contributed by atoms with Crippen molar-refractivity contribution in [2.24, 2.45) is 0 Å². The topological polar surface area (TPSA) is 49.4 Å². The molecule has 0 aliphatic rings. The second-order valence-electron chi connectivity index (χ2n) is 7.48. The molecule has 0 aliphatic heterocycles. The molecule has 1 N–H and O–H groups in total. The lowest BCUT2D eigenvalue weighted by Gasteiger charge is -2.31. The maximum atomic E-state index is 14.4. The maximum Gasteiger partial charge on any atom is 0.243 e. The van der Waals surface area contributed by atoms with Crippen LogP contribution < -0.4 is 5.32 Å². The van der Waals surface area contributed by atoms with Crippen molar-refractivity contribution >= 4 is 11.8 Å². The van der Waals surface area contributed by atoms with E-state index >= 15 is 0 Å². The average Bonchev–Trinajstić information content (AvgIpc) is 2.79. The minimum absolute atomic E-state index is 0.103. The molecule has 0 bridgehead atoms. The first-order chi connectivity index (χ1) is 15.5. The molecule has 6 heteroatoms. The summed E-state index contributed by atoms with van der Waals surface area (Å²) >= 11 is 0. The molecule has 3 aromatic rings. The van der Waals surface area contributed by atoms with Crippen molar-refractivity contribution in [1.29, 1.82) is 0 Å². The van der Waals surface area contributed by atoms with Crippen LogP contribution in [0.5, 0.6) is 0 Å². The van der Waals surface area contributed by atoms with Crippen LogP contribution in [0.25, 0.3) is 0 Å². The molecule has 3 rings (SSSR count). The number of rotatable bonds is 9. The Balaban J connectivity index is 1.98. The van der Waals surface area contributed by atoms with E-state index in [1.54, 1.807) is 37.3 Å². The lowest BCUT2D eigenvalue weighted by Crippen LogP contribution is -2.51. The van der Waals surface area contributed by atoms with Crippen LogP contribution >= 0.6 is 0 Å². The Morgan fingerprint density at radius 3 is 2.00 bits per heavy atom. The molecule has 0 radical (unpaired) electrons. The predicted octanol–water partition coefficient (Wildman–Crippen LogP) is 4.28. The van der Waals surface area contributed by atoms with Gasteiger partial charge in [0.2, 0.25) is 11.8 Å². The highest BCUT2D eigenvalue weighted by molar-refractivity contribution is 5.88. The SMILES string of the molecule is CCNC(=O)[C@@H](Cc1ccccc1)N(Cc1ccccc1F)C(=O)Cc1ccccc1F. The van der Waals surface area contributed by atoms with Crippen LogP contribution in [0.2, 0.25) is 0 Å². The minimum Gasteiger partial charge on any atom is -0.355 e. The van der Waals surface area contributed by atoms with E-state index in [4.69, 9.17) is 0 Å². The van der Waals surface area contributed by atoms with Gasteiger partial charge in [-0.15, -0.1) is 0 Å². The molecular weight excluding hydrogens is 410 g/mol. The Hall–Kier alpha value is -3.54. The zero-order valence-electron chi connectivity index (χ0n) is 17.9. The molecule has 166 valence electrons. The summed E-state index contributed by atoms with van der Waals surface area (Å²) in [6.45, 7) is 2.08. The van der Waals surface area contributed by atoms with E-state index in [1.165, 1.54) is 23.1 Å². The zero-order chi connectivity index (χ0) is 22.9. The van der Waals surface area contributed by atoms with Crippen LogP contribution in [0, 0.1) is 11.6 Å². The first-order valence-corrected chi connectivity index (χ1v) is 10.6. The minimum atomic E-state index is -0.878. The van der Waals surface area contributed by atoms with Crippen LogP contribution in [0.1, 0.15) is 23.6 Å². The second-order valence-corrected chi connectivity index (χ2v) is 7.48. The standard InChI is InChI=1S/C26H26F2N2O2/c1-2-29-26(32)24(16-19-10-4-3-5-11-19)30(18-21-13-7-9-15-23(21)28)25(31)17-20-12-6-8-14-22(20)27/h3-15,24H,2,16-18H2,1H3,(H,29,32)/t24-/m1/s1. The zero-order valence-corrected chi connectivity index (χ0v) is 17.9. The second kappa shape index (κ2) is 11.2. The summed E-state index contributed by atoms with van der Waals surface area (Å²) in [4.78, 5) is 27.7. The summed E-state index contributed by atoms with van der Waals surface area (Å²) < 4.78 is 28.7. The van der Waals surface area contributed by atoms with Crippen LogP contribution in [0.15, 0.2) is 78.9 Å². The third-order valence-corrected chi connectivity index (χ3v) is 5.22. The largest absolute Gasteiger partial charge is 0.355 e. The predicted molar refractivity (Wildman–Crippen MR) is 120 cm³/mol. The van der Waals surface area contributed by atoms with Crippen LogP contribution in [0.3, 0.4) is 0 Å². The van der Waals surface area contributed by atoms with Gasteiger partial charge in [-0.1, -0.05) is 66.7 Å². The molecule has 3 aromatic carbocycles. The number of hydrogen-bond donors (Lipinski definition) is 1. The van der Waals surface area contributed by atoms with Crippen molar-refractivity contribution in [2.45, 2.75) is 32.4 Å². The average molecular weight is 437 g/mol. The number of carbonyl (C=O) groups is 2. The van der Waals surface area contributed by atoms with Gasteiger partial charge in [-0.05, 0) is 30.2 Å². The van der Waals surface area contributed by atoms with E-state index in [9.17, 15) is 18.4 Å². The number of halogens is 2. The first-order valence-electron chi connectivity index (χ1n) is 10.6. The van der Waals surface area contributed by atoms with Gasteiger partial charge in [0.15, 0.2) is 0 Å². The number of nitrogens with zero attached hydrogens (tertiary/aromatic N) is 1. The van der Waals surface area contributed by atoms with E-state index in [2.05, 4.69) is 5.32 Å². The normalized spacial score (nSPS) is 11.6. The highest BCUT2D eigenvalue weighted by Crippen LogP contribution is 2.19. The van der Waals surface area contributed by atoms with Crippen LogP contribution in [-0.4, -0.2) is 29.3 Å². The Morgan fingerprint density at radius 1 is 0.844 bits per heavy atom. The molecule has 0 aromatic heterocycles. The summed E-state index contributed by atoms with van der Waals surface area (Å²) in [5, 5.41) is 2.78. The summed E-state index contributed by atoms with van der Waals surface area (Å²) in [5.74, 6) is -1.75. The van der Waals surface area contributed by atoms with Gasteiger partial charge in [0.1, 0.15) is 17.7 Å². The van der Waals surface area contributed by atoms with Crippen molar-refractivity contribution in [3.63, 3.8) is 0 Å². The number of carbonyl (C=O) groups excluding carboxylic acids is 2. The van der Waals surface area contributed by atoms with Gasteiger partial charge < -0.3 is 10.2 Å². The Kier molecular flexibility index (Phi) is 8.08. The highest BCUT2D eigenvalue weighted by Gasteiger charge is 2.31. The number of amides is 2. The Bertz CT molecular complexity index is 1060. The van der Waals surface area contributed by atoms with Gasteiger partial charge in [0, 0.05) is 25.1 Å². The van der Waals surface area contributed by atoms with Gasteiger partial charge >= 0.3 is 0 Å². The molecule has 0 spiro atoms. The van der Waals surface area contributed by atoms with E-state index in [0.29, 0.717) is 6.54 Å². The molecule has 0 aliphatic carbocycles. The first kappa shape index (κ1) is 23.1. The number of hydrogen-bond acceptors (Lipinski definition) is 2. The molecule has 2 amide bonds. The van der Waals surface area contributed by atoms with Crippen LogP contribution in [0.4, 0.5) is 8.78 Å². The van der Waals surface area contributed by atoms with Crippen molar-refractivity contribution < 1.29 is 18.4 Å². The highest BCUT2D eigenvalue weighted by atomic mass is 19.1. The quantitative estimate of drug-likeness (QED) is 0.544. The third-order valence-electron chi connectivity index (χ3n) is 5.22. The molecule has 0 heterocycles. The van der Waals surface area contributed by atoms with Crippen molar-refractivity contribution in [1.82, 2.24) is 10.2 Å². The van der Waals surface area contributed by atoms with E-state index in [0.717, 1.165) is 5.56 Å². The Morgan fingerprint density at radius 2 is 1.41 bits per heavy atom. The molecule has 32 heavy (non-hydrogen) atoms. The third kappa shape index (κ3) is 6.00. The van der Waals surface area contributed by atoms with Gasteiger partial charge in [0.25, 0.3) is 0 Å². The summed E-state index contributed by atoms with van der Waals surface area (Å²) in [6.07, 6.45) is 0.0238. The number of benzene rings is 3. The van der Waals surface area contributed by atoms with Gasteiger partial charge in [0.05, 0.1) is 6.42 Å². The van der Waals surface area contributed by atoms with E-state index < -0.39 is 23.6 Å². The van der Waals surface area contributed by atoms with Crippen molar-refractivity contribution in [3.05, 3.63) is 107 Å².